The average molecular weight is 221 g/mol. The molecule has 0 radical (unpaired) electrons. The number of carbonyl (C=O) groups excluding carboxylic acids is 1. The number of amides is 1. The molecule has 1 heterocycles. The third kappa shape index (κ3) is 3.98. The third-order valence-corrected chi connectivity index (χ3v) is 2.52. The zero-order valence-corrected chi connectivity index (χ0v) is 9.89. The van der Waals surface area contributed by atoms with Gasteiger partial charge in [-0.1, -0.05) is 6.92 Å². The Morgan fingerprint density at radius 3 is 2.69 bits per heavy atom. The first-order valence-corrected chi connectivity index (χ1v) is 5.46. The molecule has 88 valence electrons. The normalized spacial score (nSPS) is 12.2. The molecule has 0 aliphatic heterocycles. The summed E-state index contributed by atoms with van der Waals surface area (Å²) in [7, 11) is 1.82. The summed E-state index contributed by atoms with van der Waals surface area (Å²) >= 11 is 0. The van der Waals surface area contributed by atoms with Crippen molar-refractivity contribution < 1.29 is 4.79 Å². The van der Waals surface area contributed by atoms with Crippen molar-refractivity contribution in [2.24, 2.45) is 11.7 Å². The third-order valence-electron chi connectivity index (χ3n) is 2.52. The van der Waals surface area contributed by atoms with Crippen LogP contribution in [0, 0.1) is 5.92 Å². The van der Waals surface area contributed by atoms with Crippen LogP contribution in [0.15, 0.2) is 24.5 Å². The maximum atomic E-state index is 11.8. The van der Waals surface area contributed by atoms with Gasteiger partial charge in [0.25, 0.3) is 0 Å². The molecule has 1 aromatic heterocycles. The van der Waals surface area contributed by atoms with Crippen LogP contribution in [-0.2, 0) is 11.2 Å². The van der Waals surface area contributed by atoms with Crippen LogP contribution in [0.25, 0.3) is 0 Å². The van der Waals surface area contributed by atoms with Crippen molar-refractivity contribution in [1.29, 1.82) is 0 Å². The lowest BCUT2D eigenvalue weighted by Gasteiger charge is -2.20. The van der Waals surface area contributed by atoms with Crippen molar-refractivity contribution in [3.8, 4) is 0 Å². The van der Waals surface area contributed by atoms with E-state index in [0.717, 1.165) is 5.56 Å². The molecule has 0 saturated heterocycles. The summed E-state index contributed by atoms with van der Waals surface area (Å²) in [5.74, 6) is 0.456. The minimum absolute atomic E-state index is 0.117. The Labute approximate surface area is 96.5 Å². The van der Waals surface area contributed by atoms with Crippen LogP contribution in [0.3, 0.4) is 0 Å². The highest BCUT2D eigenvalue weighted by Gasteiger charge is 2.11. The van der Waals surface area contributed by atoms with E-state index in [1.54, 1.807) is 17.3 Å². The molecule has 0 spiro atoms. The molecule has 4 nitrogen and oxygen atoms in total. The van der Waals surface area contributed by atoms with Gasteiger partial charge < -0.3 is 10.6 Å². The highest BCUT2D eigenvalue weighted by atomic mass is 16.2. The summed E-state index contributed by atoms with van der Waals surface area (Å²) in [5.41, 5.74) is 6.52. The molecule has 1 aromatic rings. The molecular formula is C12H19N3O. The lowest BCUT2D eigenvalue weighted by Crippen LogP contribution is -2.34. The molecule has 1 atom stereocenters. The van der Waals surface area contributed by atoms with Gasteiger partial charge in [0.05, 0.1) is 6.42 Å². The van der Waals surface area contributed by atoms with E-state index >= 15 is 0 Å². The first kappa shape index (κ1) is 12.6. The van der Waals surface area contributed by atoms with Gasteiger partial charge in [0.2, 0.25) is 5.91 Å². The predicted octanol–water partition coefficient (Wildman–Crippen LogP) is 0.677. The molecule has 16 heavy (non-hydrogen) atoms. The van der Waals surface area contributed by atoms with E-state index in [-0.39, 0.29) is 5.91 Å². The van der Waals surface area contributed by atoms with Gasteiger partial charge in [-0.3, -0.25) is 9.78 Å². The highest BCUT2D eigenvalue weighted by Crippen LogP contribution is 2.02. The van der Waals surface area contributed by atoms with Crippen molar-refractivity contribution in [1.82, 2.24) is 9.88 Å². The quantitative estimate of drug-likeness (QED) is 0.795. The number of likely N-dealkylation sites (N-methyl/N-ethyl adjacent to an activating group) is 1. The first-order valence-electron chi connectivity index (χ1n) is 5.46. The van der Waals surface area contributed by atoms with E-state index in [1.165, 1.54) is 0 Å². The van der Waals surface area contributed by atoms with Crippen molar-refractivity contribution >= 4 is 5.91 Å². The van der Waals surface area contributed by atoms with Gasteiger partial charge in [0.1, 0.15) is 0 Å². The van der Waals surface area contributed by atoms with Crippen LogP contribution in [0.5, 0.6) is 0 Å². The fourth-order valence-corrected chi connectivity index (χ4v) is 1.45. The summed E-state index contributed by atoms with van der Waals surface area (Å²) < 4.78 is 0. The second kappa shape index (κ2) is 6.23. The molecule has 0 fully saturated rings. The van der Waals surface area contributed by atoms with Crippen molar-refractivity contribution in [3.63, 3.8) is 0 Å². The summed E-state index contributed by atoms with van der Waals surface area (Å²) in [5, 5.41) is 0. The molecule has 1 amide bonds. The maximum Gasteiger partial charge on any atom is 0.226 e. The number of carbonyl (C=O) groups is 1. The minimum Gasteiger partial charge on any atom is -0.345 e. The SMILES string of the molecule is CC(CN)CN(C)C(=O)Cc1ccncc1. The zero-order chi connectivity index (χ0) is 12.0. The van der Waals surface area contributed by atoms with Crippen LogP contribution in [0.4, 0.5) is 0 Å². The summed E-state index contributed by atoms with van der Waals surface area (Å²) in [6, 6.07) is 3.72. The number of nitrogens with two attached hydrogens (primary N) is 1. The molecule has 0 aromatic carbocycles. The Kier molecular flexibility index (Phi) is 4.92. The number of pyridine rings is 1. The van der Waals surface area contributed by atoms with E-state index in [9.17, 15) is 4.79 Å². The average Bonchev–Trinajstić information content (AvgIpc) is 2.30. The topological polar surface area (TPSA) is 59.2 Å². The number of nitrogens with zero attached hydrogens (tertiary/aromatic N) is 2. The summed E-state index contributed by atoms with van der Waals surface area (Å²) in [4.78, 5) is 17.5. The smallest absolute Gasteiger partial charge is 0.226 e. The van der Waals surface area contributed by atoms with E-state index in [4.69, 9.17) is 5.73 Å². The van der Waals surface area contributed by atoms with Crippen molar-refractivity contribution in [3.05, 3.63) is 30.1 Å². The molecule has 1 unspecified atom stereocenters. The van der Waals surface area contributed by atoms with Gasteiger partial charge >= 0.3 is 0 Å². The predicted molar refractivity (Wildman–Crippen MR) is 63.8 cm³/mol. The Hall–Kier alpha value is -1.42. The van der Waals surface area contributed by atoms with Crippen LogP contribution in [0.2, 0.25) is 0 Å². The van der Waals surface area contributed by atoms with E-state index < -0.39 is 0 Å². The molecule has 0 saturated carbocycles. The second-order valence-corrected chi connectivity index (χ2v) is 4.15. The lowest BCUT2D eigenvalue weighted by molar-refractivity contribution is -0.129. The maximum absolute atomic E-state index is 11.8. The Morgan fingerprint density at radius 1 is 1.50 bits per heavy atom. The van der Waals surface area contributed by atoms with Gasteiger partial charge in [0, 0.05) is 26.0 Å². The van der Waals surface area contributed by atoms with Gasteiger partial charge in [-0.15, -0.1) is 0 Å². The monoisotopic (exact) mass is 221 g/mol. The Morgan fingerprint density at radius 2 is 2.12 bits per heavy atom. The van der Waals surface area contributed by atoms with E-state index in [0.29, 0.717) is 25.4 Å². The minimum atomic E-state index is 0.117. The van der Waals surface area contributed by atoms with Crippen LogP contribution < -0.4 is 5.73 Å². The van der Waals surface area contributed by atoms with Gasteiger partial charge in [0.15, 0.2) is 0 Å². The molecule has 4 heteroatoms. The standard InChI is InChI=1S/C12H19N3O/c1-10(8-13)9-15(2)12(16)7-11-3-5-14-6-4-11/h3-6,10H,7-9,13H2,1-2H3. The number of aromatic nitrogens is 1. The van der Waals surface area contributed by atoms with Crippen molar-refractivity contribution in [2.45, 2.75) is 13.3 Å². The van der Waals surface area contributed by atoms with Crippen molar-refractivity contribution in [2.75, 3.05) is 20.1 Å². The zero-order valence-electron chi connectivity index (χ0n) is 9.89. The summed E-state index contributed by atoms with van der Waals surface area (Å²) in [6.45, 7) is 3.35. The second-order valence-electron chi connectivity index (χ2n) is 4.15. The molecule has 0 aliphatic carbocycles. The van der Waals surface area contributed by atoms with Gasteiger partial charge in [-0.25, -0.2) is 0 Å². The lowest BCUT2D eigenvalue weighted by atomic mass is 10.1. The summed E-state index contributed by atoms with van der Waals surface area (Å²) in [6.07, 6.45) is 3.83. The highest BCUT2D eigenvalue weighted by molar-refractivity contribution is 5.78. The van der Waals surface area contributed by atoms with Crippen LogP contribution in [-0.4, -0.2) is 35.9 Å². The molecule has 1 rings (SSSR count). The molecule has 2 N–H and O–H groups in total. The Bertz CT molecular complexity index is 326. The van der Waals surface area contributed by atoms with Gasteiger partial charge in [-0.05, 0) is 30.2 Å². The molecule has 0 bridgehead atoms. The van der Waals surface area contributed by atoms with E-state index in [2.05, 4.69) is 4.98 Å². The van der Waals surface area contributed by atoms with Crippen LogP contribution in [0.1, 0.15) is 12.5 Å². The number of rotatable bonds is 5. The van der Waals surface area contributed by atoms with E-state index in [1.807, 2.05) is 26.1 Å². The fourth-order valence-electron chi connectivity index (χ4n) is 1.45. The fraction of sp³-hybridized carbons (Fsp3) is 0.500. The first-order chi connectivity index (χ1) is 7.63. The molecular weight excluding hydrogens is 202 g/mol. The van der Waals surface area contributed by atoms with Gasteiger partial charge in [-0.2, -0.15) is 0 Å². The number of hydrogen-bond donors (Lipinski definition) is 1. The number of hydrogen-bond acceptors (Lipinski definition) is 3. The largest absolute Gasteiger partial charge is 0.345 e. The molecule has 0 aliphatic rings. The van der Waals surface area contributed by atoms with Crippen LogP contribution >= 0.6 is 0 Å². The Balaban J connectivity index is 2.46.